The number of methoxy groups -OCH3 is 2. The molecular weight excluding hydrogens is 542 g/mol. The van der Waals surface area contributed by atoms with Gasteiger partial charge in [-0.2, -0.15) is 0 Å². The minimum Gasteiger partial charge on any atom is -0.497 e. The zero-order chi connectivity index (χ0) is 29.8. The molecule has 0 heterocycles. The summed E-state index contributed by atoms with van der Waals surface area (Å²) >= 11 is 0. The zero-order valence-electron chi connectivity index (χ0n) is 24.1. The summed E-state index contributed by atoms with van der Waals surface area (Å²) in [5.74, 6) is 0.0285. The Balaban J connectivity index is 2.04. The molecule has 0 spiro atoms. The van der Waals surface area contributed by atoms with Gasteiger partial charge >= 0.3 is 0 Å². The molecule has 1 atom stereocenters. The molecule has 2 amide bonds. The van der Waals surface area contributed by atoms with Crippen LogP contribution in [0.3, 0.4) is 0 Å². The third-order valence-electron chi connectivity index (χ3n) is 6.70. The second-order valence-corrected chi connectivity index (χ2v) is 11.3. The Bertz CT molecular complexity index is 1380. The molecule has 3 aromatic carbocycles. The van der Waals surface area contributed by atoms with Crippen LogP contribution in [-0.2, 0) is 26.0 Å². The quantitative estimate of drug-likeness (QED) is 0.287. The van der Waals surface area contributed by atoms with Crippen molar-refractivity contribution in [2.45, 2.75) is 44.0 Å². The maximum absolute atomic E-state index is 14.1. The third kappa shape index (κ3) is 8.00. The van der Waals surface area contributed by atoms with Crippen LogP contribution in [0.1, 0.15) is 32.3 Å². The molecule has 0 aliphatic heterocycles. The van der Waals surface area contributed by atoms with E-state index >= 15 is 0 Å². The predicted octanol–water partition coefficient (Wildman–Crippen LogP) is 4.28. The van der Waals surface area contributed by atoms with Crippen LogP contribution >= 0.6 is 0 Å². The Kier molecular flexibility index (Phi) is 11.6. The van der Waals surface area contributed by atoms with E-state index in [1.807, 2.05) is 44.2 Å². The molecule has 0 saturated carbocycles. The molecule has 0 radical (unpaired) electrons. The van der Waals surface area contributed by atoms with Gasteiger partial charge in [-0.25, -0.2) is 8.42 Å². The van der Waals surface area contributed by atoms with Gasteiger partial charge in [-0.1, -0.05) is 56.3 Å². The molecule has 0 bridgehead atoms. The minimum absolute atomic E-state index is 0.0134. The van der Waals surface area contributed by atoms with Crippen molar-refractivity contribution in [3.8, 4) is 11.5 Å². The molecule has 0 aromatic heterocycles. The fourth-order valence-electron chi connectivity index (χ4n) is 4.49. The Morgan fingerprint density at radius 1 is 0.878 bits per heavy atom. The Morgan fingerprint density at radius 2 is 1.54 bits per heavy atom. The normalized spacial score (nSPS) is 11.8. The van der Waals surface area contributed by atoms with Gasteiger partial charge in [0, 0.05) is 13.1 Å². The first-order chi connectivity index (χ1) is 19.8. The lowest BCUT2D eigenvalue weighted by Crippen LogP contribution is -2.53. The van der Waals surface area contributed by atoms with Gasteiger partial charge in [0.15, 0.2) is 0 Å². The van der Waals surface area contributed by atoms with Gasteiger partial charge in [0.2, 0.25) is 11.8 Å². The van der Waals surface area contributed by atoms with E-state index < -0.39 is 28.5 Å². The highest BCUT2D eigenvalue weighted by atomic mass is 32.2. The molecule has 220 valence electrons. The monoisotopic (exact) mass is 581 g/mol. The molecule has 9 nitrogen and oxygen atoms in total. The lowest BCUT2D eigenvalue weighted by atomic mass is 10.1. The molecule has 0 saturated heterocycles. The predicted molar refractivity (Wildman–Crippen MR) is 160 cm³/mol. The molecule has 10 heteroatoms. The van der Waals surface area contributed by atoms with Crippen LogP contribution < -0.4 is 19.1 Å². The Morgan fingerprint density at radius 3 is 2.15 bits per heavy atom. The smallest absolute Gasteiger partial charge is 0.264 e. The van der Waals surface area contributed by atoms with Crippen LogP contribution in [0.25, 0.3) is 0 Å². The third-order valence-corrected chi connectivity index (χ3v) is 8.47. The highest BCUT2D eigenvalue weighted by Crippen LogP contribution is 2.33. The van der Waals surface area contributed by atoms with E-state index in [1.54, 1.807) is 36.4 Å². The van der Waals surface area contributed by atoms with E-state index in [9.17, 15) is 18.0 Å². The van der Waals surface area contributed by atoms with Gasteiger partial charge in [-0.05, 0) is 61.2 Å². The van der Waals surface area contributed by atoms with E-state index in [-0.39, 0.29) is 23.0 Å². The van der Waals surface area contributed by atoms with Crippen LogP contribution in [0.2, 0.25) is 0 Å². The highest BCUT2D eigenvalue weighted by molar-refractivity contribution is 7.92. The molecule has 3 rings (SSSR count). The van der Waals surface area contributed by atoms with E-state index in [0.717, 1.165) is 16.3 Å². The number of sulfonamides is 1. The molecule has 0 fully saturated rings. The summed E-state index contributed by atoms with van der Waals surface area (Å²) in [5.41, 5.74) is 1.22. The summed E-state index contributed by atoms with van der Waals surface area (Å²) in [7, 11) is -1.29. The van der Waals surface area contributed by atoms with Crippen molar-refractivity contribution >= 4 is 27.5 Å². The van der Waals surface area contributed by atoms with Crippen molar-refractivity contribution < 1.29 is 27.5 Å². The molecule has 1 N–H and O–H groups in total. The lowest BCUT2D eigenvalue weighted by Gasteiger charge is -2.33. The van der Waals surface area contributed by atoms with Crippen molar-refractivity contribution in [3.05, 3.63) is 84.4 Å². The van der Waals surface area contributed by atoms with Gasteiger partial charge in [-0.3, -0.25) is 13.9 Å². The maximum atomic E-state index is 14.1. The van der Waals surface area contributed by atoms with Crippen LogP contribution in [0.5, 0.6) is 11.5 Å². The summed E-state index contributed by atoms with van der Waals surface area (Å²) in [6.07, 6.45) is 1.63. The number of hydrogen-bond acceptors (Lipinski definition) is 6. The van der Waals surface area contributed by atoms with Crippen LogP contribution in [0.15, 0.2) is 83.8 Å². The number of para-hydroxylation sites is 2. The van der Waals surface area contributed by atoms with Gasteiger partial charge in [-0.15, -0.1) is 0 Å². The van der Waals surface area contributed by atoms with Gasteiger partial charge in [0.1, 0.15) is 24.1 Å². The number of carbonyl (C=O) groups excluding carboxylic acids is 2. The average Bonchev–Trinajstić information content (AvgIpc) is 3.00. The van der Waals surface area contributed by atoms with E-state index in [1.165, 1.54) is 31.3 Å². The number of amides is 2. The largest absolute Gasteiger partial charge is 0.497 e. The van der Waals surface area contributed by atoms with Gasteiger partial charge in [0.25, 0.3) is 10.0 Å². The first kappa shape index (κ1) is 31.5. The summed E-state index contributed by atoms with van der Waals surface area (Å²) < 4.78 is 39.8. The number of rotatable bonds is 15. The second kappa shape index (κ2) is 15.1. The van der Waals surface area contributed by atoms with E-state index in [0.29, 0.717) is 30.9 Å². The minimum atomic E-state index is -4.22. The van der Waals surface area contributed by atoms with E-state index in [4.69, 9.17) is 9.47 Å². The molecular formula is C31H39N3O6S. The number of anilines is 1. The number of carbonyl (C=O) groups is 2. The van der Waals surface area contributed by atoms with Crippen molar-refractivity contribution in [1.29, 1.82) is 0 Å². The van der Waals surface area contributed by atoms with Crippen molar-refractivity contribution in [2.24, 2.45) is 0 Å². The highest BCUT2D eigenvalue weighted by Gasteiger charge is 2.34. The molecule has 3 aromatic rings. The molecule has 41 heavy (non-hydrogen) atoms. The zero-order valence-corrected chi connectivity index (χ0v) is 24.9. The first-order valence-electron chi connectivity index (χ1n) is 13.7. The summed E-state index contributed by atoms with van der Waals surface area (Å²) in [6.45, 7) is 3.99. The van der Waals surface area contributed by atoms with Crippen molar-refractivity contribution in [3.63, 3.8) is 0 Å². The number of nitrogens with zero attached hydrogens (tertiary/aromatic N) is 2. The van der Waals surface area contributed by atoms with Crippen molar-refractivity contribution in [2.75, 3.05) is 38.2 Å². The molecule has 0 aliphatic carbocycles. The van der Waals surface area contributed by atoms with Gasteiger partial charge in [0.05, 0.1) is 24.8 Å². The fraction of sp³-hybridized carbons (Fsp3) is 0.355. The second-order valence-electron chi connectivity index (χ2n) is 9.40. The lowest BCUT2D eigenvalue weighted by molar-refractivity contribution is -0.139. The van der Waals surface area contributed by atoms with E-state index in [2.05, 4.69) is 5.32 Å². The number of hydrogen-bond donors (Lipinski definition) is 1. The Labute approximate surface area is 243 Å². The fourth-order valence-corrected chi connectivity index (χ4v) is 5.91. The standard InChI is InChI=1S/C31H39N3O6S/c1-5-21-32-31(36)27(6-2)33(22-20-24-12-8-7-9-13-24)30(35)23-34(28-14-10-11-15-29(28)40-4)41(37,38)26-18-16-25(39-3)17-19-26/h7-19,27H,5-6,20-23H2,1-4H3,(H,32,36). The average molecular weight is 582 g/mol. The van der Waals surface area contributed by atoms with Crippen molar-refractivity contribution in [1.82, 2.24) is 10.2 Å². The molecule has 0 aliphatic rings. The summed E-state index contributed by atoms with van der Waals surface area (Å²) in [5, 5.41) is 2.89. The van der Waals surface area contributed by atoms with Crippen LogP contribution in [-0.4, -0.2) is 65.0 Å². The Hall–Kier alpha value is -4.05. The SMILES string of the molecule is CCCNC(=O)C(CC)N(CCc1ccccc1)C(=O)CN(c1ccccc1OC)S(=O)(=O)c1ccc(OC)cc1. The molecule has 1 unspecified atom stereocenters. The maximum Gasteiger partial charge on any atom is 0.264 e. The number of nitrogens with one attached hydrogen (secondary N) is 1. The van der Waals surface area contributed by atoms with Crippen LogP contribution in [0, 0.1) is 0 Å². The summed E-state index contributed by atoms with van der Waals surface area (Å²) in [6, 6.07) is 21.5. The number of benzene rings is 3. The van der Waals surface area contributed by atoms with Gasteiger partial charge < -0.3 is 19.7 Å². The first-order valence-corrected chi connectivity index (χ1v) is 15.1. The summed E-state index contributed by atoms with van der Waals surface area (Å²) in [4.78, 5) is 28.7. The topological polar surface area (TPSA) is 105 Å². The number of ether oxygens (including phenoxy) is 2. The van der Waals surface area contributed by atoms with Crippen LogP contribution in [0.4, 0.5) is 5.69 Å².